The molecule has 2 heterocycles. The molecule has 2 aromatic heterocycles. The van der Waals surface area contributed by atoms with Gasteiger partial charge in [-0.15, -0.1) is 0 Å². The number of hydrogen-bond donors (Lipinski definition) is 0. The Labute approximate surface area is 265 Å². The highest BCUT2D eigenvalue weighted by Crippen LogP contribution is 2.41. The van der Waals surface area contributed by atoms with Crippen LogP contribution in [-0.2, 0) is 0 Å². The molecule has 9 rings (SSSR count). The lowest BCUT2D eigenvalue weighted by Gasteiger charge is -2.13. The van der Waals surface area contributed by atoms with Crippen molar-refractivity contribution in [3.05, 3.63) is 157 Å². The zero-order chi connectivity index (χ0) is 30.6. The Kier molecular flexibility index (Phi) is 5.88. The molecule has 9 aromatic rings. The number of benzene rings is 7. The number of hydrogen-bond acceptors (Lipinski definition) is 3. The van der Waals surface area contributed by atoms with Gasteiger partial charge in [-0.2, -0.15) is 5.26 Å². The van der Waals surface area contributed by atoms with E-state index in [2.05, 4.69) is 84.9 Å². The van der Waals surface area contributed by atoms with Crippen molar-refractivity contribution in [3.63, 3.8) is 0 Å². The number of furan rings is 2. The summed E-state index contributed by atoms with van der Waals surface area (Å²) in [6.07, 6.45) is 0. The summed E-state index contributed by atoms with van der Waals surface area (Å²) in [6.45, 7) is 0. The average molecular weight is 588 g/mol. The van der Waals surface area contributed by atoms with Gasteiger partial charge in [-0.25, -0.2) is 0 Å². The zero-order valence-corrected chi connectivity index (χ0v) is 24.7. The molecule has 0 spiro atoms. The highest BCUT2D eigenvalue weighted by atomic mass is 16.3. The number of fused-ring (bicyclic) bond motifs is 6. The highest BCUT2D eigenvalue weighted by molar-refractivity contribution is 6.13. The molecule has 0 atom stereocenters. The maximum atomic E-state index is 10.2. The van der Waals surface area contributed by atoms with Gasteiger partial charge in [-0.1, -0.05) is 97.1 Å². The van der Waals surface area contributed by atoms with Crippen molar-refractivity contribution < 1.29 is 8.83 Å². The molecule has 214 valence electrons. The second-order valence-corrected chi connectivity index (χ2v) is 11.6. The normalized spacial score (nSPS) is 11.5. The van der Waals surface area contributed by atoms with Crippen LogP contribution in [0.3, 0.4) is 0 Å². The topological polar surface area (TPSA) is 50.1 Å². The van der Waals surface area contributed by atoms with E-state index in [9.17, 15) is 5.26 Å². The first-order valence-electron chi connectivity index (χ1n) is 15.3. The van der Waals surface area contributed by atoms with Gasteiger partial charge in [0, 0.05) is 21.5 Å². The van der Waals surface area contributed by atoms with E-state index in [0.717, 1.165) is 88.4 Å². The summed E-state index contributed by atoms with van der Waals surface area (Å²) in [4.78, 5) is 0. The van der Waals surface area contributed by atoms with Crippen molar-refractivity contribution in [1.29, 1.82) is 5.26 Å². The first kappa shape index (κ1) is 26.1. The largest absolute Gasteiger partial charge is 0.456 e. The van der Waals surface area contributed by atoms with Crippen LogP contribution in [0.2, 0.25) is 0 Å². The molecule has 3 heteroatoms. The van der Waals surface area contributed by atoms with Crippen molar-refractivity contribution in [2.75, 3.05) is 0 Å². The van der Waals surface area contributed by atoms with Crippen LogP contribution in [-0.4, -0.2) is 0 Å². The van der Waals surface area contributed by atoms with Gasteiger partial charge in [0.15, 0.2) is 0 Å². The predicted molar refractivity (Wildman–Crippen MR) is 187 cm³/mol. The van der Waals surface area contributed by atoms with Crippen molar-refractivity contribution in [2.24, 2.45) is 0 Å². The Morgan fingerprint density at radius 1 is 0.370 bits per heavy atom. The molecular formula is C43H25NO2. The summed E-state index contributed by atoms with van der Waals surface area (Å²) >= 11 is 0. The molecule has 46 heavy (non-hydrogen) atoms. The smallest absolute Gasteiger partial charge is 0.136 e. The van der Waals surface area contributed by atoms with Crippen molar-refractivity contribution in [1.82, 2.24) is 0 Å². The maximum absolute atomic E-state index is 10.2. The molecule has 0 fully saturated rings. The predicted octanol–water partition coefficient (Wildman–Crippen LogP) is 12.0. The van der Waals surface area contributed by atoms with E-state index in [1.165, 1.54) is 0 Å². The standard InChI is InChI=1S/C43H25NO2/c44-26-33-21-28(17-19-34(33)27-9-2-1-3-10-27)30-22-31(29-18-20-37-36-11-4-6-14-39(36)46-42(37)25-29)24-32(23-30)35-13-8-16-41-43(35)38-12-5-7-15-40(38)45-41/h1-25H. The highest BCUT2D eigenvalue weighted by Gasteiger charge is 2.16. The Morgan fingerprint density at radius 2 is 0.978 bits per heavy atom. The molecule has 7 aromatic carbocycles. The summed E-state index contributed by atoms with van der Waals surface area (Å²) in [7, 11) is 0. The van der Waals surface area contributed by atoms with Gasteiger partial charge in [0.1, 0.15) is 22.3 Å². The van der Waals surface area contributed by atoms with Crippen LogP contribution in [0.5, 0.6) is 0 Å². The van der Waals surface area contributed by atoms with E-state index in [-0.39, 0.29) is 0 Å². The van der Waals surface area contributed by atoms with Crippen LogP contribution >= 0.6 is 0 Å². The summed E-state index contributed by atoms with van der Waals surface area (Å²) in [5, 5.41) is 14.6. The third kappa shape index (κ3) is 4.20. The van der Waals surface area contributed by atoms with Gasteiger partial charge >= 0.3 is 0 Å². The number of nitriles is 1. The second-order valence-electron chi connectivity index (χ2n) is 11.6. The molecule has 0 amide bonds. The van der Waals surface area contributed by atoms with E-state index in [1.54, 1.807) is 0 Å². The quantitative estimate of drug-likeness (QED) is 0.206. The van der Waals surface area contributed by atoms with E-state index in [1.807, 2.05) is 72.8 Å². The van der Waals surface area contributed by atoms with Gasteiger partial charge in [0.2, 0.25) is 0 Å². The van der Waals surface area contributed by atoms with E-state index >= 15 is 0 Å². The van der Waals surface area contributed by atoms with Crippen LogP contribution < -0.4 is 0 Å². The first-order chi connectivity index (χ1) is 22.7. The van der Waals surface area contributed by atoms with Gasteiger partial charge in [-0.05, 0) is 99.1 Å². The molecule has 0 saturated heterocycles. The molecular weight excluding hydrogens is 562 g/mol. The summed E-state index contributed by atoms with van der Waals surface area (Å²) in [5.41, 5.74) is 12.3. The minimum Gasteiger partial charge on any atom is -0.456 e. The Hall–Kier alpha value is -6.37. The molecule has 0 saturated carbocycles. The van der Waals surface area contributed by atoms with E-state index < -0.39 is 0 Å². The van der Waals surface area contributed by atoms with Crippen LogP contribution in [0.15, 0.2) is 160 Å². The molecule has 0 aliphatic heterocycles. The number of nitrogens with zero attached hydrogens (tertiary/aromatic N) is 1. The Morgan fingerprint density at radius 3 is 1.78 bits per heavy atom. The van der Waals surface area contributed by atoms with Crippen molar-refractivity contribution in [2.45, 2.75) is 0 Å². The Balaban J connectivity index is 1.28. The lowest BCUT2D eigenvalue weighted by molar-refractivity contribution is 0.668. The third-order valence-corrected chi connectivity index (χ3v) is 8.92. The van der Waals surface area contributed by atoms with Gasteiger partial charge < -0.3 is 8.83 Å². The van der Waals surface area contributed by atoms with Gasteiger partial charge in [0.05, 0.1) is 11.6 Å². The number of rotatable bonds is 4. The van der Waals surface area contributed by atoms with E-state index in [4.69, 9.17) is 8.83 Å². The Bertz CT molecular complexity index is 2650. The lowest BCUT2D eigenvalue weighted by Crippen LogP contribution is -1.89. The average Bonchev–Trinajstić information content (AvgIpc) is 3.69. The van der Waals surface area contributed by atoms with Crippen LogP contribution in [0.25, 0.3) is 88.4 Å². The second kappa shape index (κ2) is 10.4. The minimum atomic E-state index is 0.641. The lowest BCUT2D eigenvalue weighted by atomic mass is 9.90. The zero-order valence-electron chi connectivity index (χ0n) is 24.7. The van der Waals surface area contributed by atoms with Gasteiger partial charge in [0.25, 0.3) is 0 Å². The monoisotopic (exact) mass is 587 g/mol. The number of para-hydroxylation sites is 2. The molecule has 0 aliphatic rings. The van der Waals surface area contributed by atoms with Crippen LogP contribution in [0, 0.1) is 11.3 Å². The molecule has 3 nitrogen and oxygen atoms in total. The fraction of sp³-hybridized carbons (Fsp3) is 0. The molecule has 0 bridgehead atoms. The van der Waals surface area contributed by atoms with Crippen molar-refractivity contribution in [3.8, 4) is 50.6 Å². The summed E-state index contributed by atoms with van der Waals surface area (Å²) in [6, 6.07) is 54.4. The summed E-state index contributed by atoms with van der Waals surface area (Å²) in [5.74, 6) is 0. The SMILES string of the molecule is N#Cc1cc(-c2cc(-c3ccc4c(c3)oc3ccccc34)cc(-c3cccc4oc5ccccc5c34)c2)ccc1-c1ccccc1. The fourth-order valence-corrected chi connectivity index (χ4v) is 6.72. The van der Waals surface area contributed by atoms with Crippen molar-refractivity contribution >= 4 is 43.9 Å². The van der Waals surface area contributed by atoms with E-state index in [0.29, 0.717) is 5.56 Å². The maximum Gasteiger partial charge on any atom is 0.136 e. The van der Waals surface area contributed by atoms with Crippen LogP contribution in [0.4, 0.5) is 0 Å². The fourth-order valence-electron chi connectivity index (χ4n) is 6.72. The molecule has 0 radical (unpaired) electrons. The first-order valence-corrected chi connectivity index (χ1v) is 15.3. The van der Waals surface area contributed by atoms with Gasteiger partial charge in [-0.3, -0.25) is 0 Å². The minimum absolute atomic E-state index is 0.641. The van der Waals surface area contributed by atoms with Crippen LogP contribution in [0.1, 0.15) is 5.56 Å². The third-order valence-electron chi connectivity index (χ3n) is 8.92. The molecule has 0 N–H and O–H groups in total. The molecule has 0 unspecified atom stereocenters. The molecule has 0 aliphatic carbocycles. The summed E-state index contributed by atoms with van der Waals surface area (Å²) < 4.78 is 12.5.